The molecule has 0 saturated carbocycles. The lowest BCUT2D eigenvalue weighted by Crippen LogP contribution is -2.34. The van der Waals surface area contributed by atoms with Crippen molar-refractivity contribution in [3.8, 4) is 0 Å². The molecule has 0 bridgehead atoms. The molecule has 0 unspecified atom stereocenters. The van der Waals surface area contributed by atoms with E-state index in [-0.39, 0.29) is 18.7 Å². The molecule has 0 spiro atoms. The van der Waals surface area contributed by atoms with Crippen LogP contribution in [-0.4, -0.2) is 58.4 Å². The lowest BCUT2D eigenvalue weighted by molar-refractivity contribution is 0.111. The quantitative estimate of drug-likeness (QED) is 0.393. The third kappa shape index (κ3) is 5.66. The number of thiazole rings is 1. The first-order valence-electron chi connectivity index (χ1n) is 8.53. The summed E-state index contributed by atoms with van der Waals surface area (Å²) in [4.78, 5) is 28.4. The Morgan fingerprint density at radius 1 is 1.41 bits per heavy atom. The van der Waals surface area contributed by atoms with Crippen LogP contribution in [0.15, 0.2) is 52.2 Å². The number of aliphatic hydroxyl groups is 1. The van der Waals surface area contributed by atoms with Crippen molar-refractivity contribution in [2.75, 3.05) is 18.9 Å². The number of rotatable bonds is 9. The summed E-state index contributed by atoms with van der Waals surface area (Å²) in [5.41, 5.74) is 1.48. The summed E-state index contributed by atoms with van der Waals surface area (Å²) < 4.78 is 5.94. The van der Waals surface area contributed by atoms with E-state index in [0.717, 1.165) is 16.2 Å². The molecule has 1 amide bonds. The van der Waals surface area contributed by atoms with Gasteiger partial charge in [0, 0.05) is 24.1 Å². The van der Waals surface area contributed by atoms with Gasteiger partial charge in [-0.15, -0.1) is 11.3 Å². The first kappa shape index (κ1) is 19.6. The summed E-state index contributed by atoms with van der Waals surface area (Å²) in [7, 11) is 0. The molecule has 2 heterocycles. The van der Waals surface area contributed by atoms with Crippen molar-refractivity contribution < 1.29 is 19.4 Å². The second-order valence-corrected chi connectivity index (χ2v) is 8.18. The fourth-order valence-corrected chi connectivity index (χ4v) is 4.47. The van der Waals surface area contributed by atoms with Crippen molar-refractivity contribution in [3.63, 3.8) is 0 Å². The summed E-state index contributed by atoms with van der Waals surface area (Å²) in [6, 6.07) is 9.57. The Morgan fingerprint density at radius 3 is 2.96 bits per heavy atom. The number of carbonyl (C=O) groups excluding carboxylic acids is 2. The highest BCUT2D eigenvalue weighted by molar-refractivity contribution is 8.01. The number of ether oxygens (including phenoxy) is 1. The number of hydrogen-bond donors (Lipinski definition) is 1. The minimum absolute atomic E-state index is 0.189. The minimum Gasteiger partial charge on any atom is -0.447 e. The summed E-state index contributed by atoms with van der Waals surface area (Å²) >= 11 is 2.91. The average molecular weight is 405 g/mol. The normalized spacial score (nSPS) is 18.0. The van der Waals surface area contributed by atoms with Gasteiger partial charge in [0.2, 0.25) is 0 Å². The van der Waals surface area contributed by atoms with E-state index in [0.29, 0.717) is 24.4 Å². The molecule has 27 heavy (non-hydrogen) atoms. The first-order valence-corrected chi connectivity index (χ1v) is 10.4. The van der Waals surface area contributed by atoms with E-state index in [9.17, 15) is 14.7 Å². The van der Waals surface area contributed by atoms with E-state index in [1.54, 1.807) is 16.4 Å². The fraction of sp³-hybridized carbons (Fsp3) is 0.316. The minimum atomic E-state index is -0.614. The molecular formula is C19H20N2O4S2. The first-order chi connectivity index (χ1) is 13.2. The van der Waals surface area contributed by atoms with Gasteiger partial charge in [-0.3, -0.25) is 9.69 Å². The van der Waals surface area contributed by atoms with E-state index in [1.807, 2.05) is 36.4 Å². The highest BCUT2D eigenvalue weighted by Gasteiger charge is 2.30. The van der Waals surface area contributed by atoms with Crippen molar-refractivity contribution >= 4 is 35.5 Å². The van der Waals surface area contributed by atoms with Gasteiger partial charge in [-0.05, 0) is 5.56 Å². The SMILES string of the molecule is O=Cc1csc(SCCN2C(=O)OC[C@@H]2/C=C/[C@@H](O)Cc2ccccc2)n1. The second kappa shape index (κ2) is 9.68. The fourth-order valence-electron chi connectivity index (χ4n) is 2.68. The van der Waals surface area contributed by atoms with E-state index in [1.165, 1.54) is 23.1 Å². The number of nitrogens with zero attached hydrogens (tertiary/aromatic N) is 2. The van der Waals surface area contributed by atoms with E-state index >= 15 is 0 Å². The van der Waals surface area contributed by atoms with Crippen molar-refractivity contribution in [1.82, 2.24) is 9.88 Å². The number of hydrogen-bond acceptors (Lipinski definition) is 7. The zero-order valence-electron chi connectivity index (χ0n) is 14.6. The maximum Gasteiger partial charge on any atom is 0.410 e. The van der Waals surface area contributed by atoms with E-state index < -0.39 is 6.10 Å². The largest absolute Gasteiger partial charge is 0.447 e. The lowest BCUT2D eigenvalue weighted by Gasteiger charge is -2.18. The van der Waals surface area contributed by atoms with Crippen LogP contribution in [0.4, 0.5) is 4.79 Å². The molecule has 1 aliphatic rings. The molecule has 1 saturated heterocycles. The summed E-state index contributed by atoms with van der Waals surface area (Å²) in [5.74, 6) is 0.651. The molecule has 3 rings (SSSR count). The molecule has 6 nitrogen and oxygen atoms in total. The summed E-state index contributed by atoms with van der Waals surface area (Å²) in [6.45, 7) is 0.786. The van der Waals surface area contributed by atoms with Gasteiger partial charge in [0.25, 0.3) is 0 Å². The predicted molar refractivity (Wildman–Crippen MR) is 105 cm³/mol. The standard InChI is InChI=1S/C19H20N2O4S2/c22-11-15-13-27-18(20-15)26-9-8-21-16(12-25-19(21)24)6-7-17(23)10-14-4-2-1-3-5-14/h1-7,11,13,16-17,23H,8-10,12H2/b7-6+/t16-,17+/m0/s1. The molecule has 1 aromatic carbocycles. The van der Waals surface area contributed by atoms with Gasteiger partial charge >= 0.3 is 6.09 Å². The van der Waals surface area contributed by atoms with Crippen LogP contribution in [0, 0.1) is 0 Å². The zero-order chi connectivity index (χ0) is 19.1. The monoisotopic (exact) mass is 404 g/mol. The van der Waals surface area contributed by atoms with Crippen LogP contribution in [0.3, 0.4) is 0 Å². The van der Waals surface area contributed by atoms with Crippen LogP contribution in [0.2, 0.25) is 0 Å². The van der Waals surface area contributed by atoms with Crippen molar-refractivity contribution in [2.45, 2.75) is 22.9 Å². The van der Waals surface area contributed by atoms with Crippen molar-refractivity contribution in [2.24, 2.45) is 0 Å². The number of aromatic nitrogens is 1. The van der Waals surface area contributed by atoms with E-state index in [4.69, 9.17) is 4.74 Å². The van der Waals surface area contributed by atoms with Gasteiger partial charge < -0.3 is 9.84 Å². The van der Waals surface area contributed by atoms with Crippen LogP contribution < -0.4 is 0 Å². The van der Waals surface area contributed by atoms with E-state index in [2.05, 4.69) is 4.98 Å². The van der Waals surface area contributed by atoms with Crippen molar-refractivity contribution in [3.05, 3.63) is 59.1 Å². The molecule has 1 aromatic heterocycles. The zero-order valence-corrected chi connectivity index (χ0v) is 16.2. The third-order valence-corrected chi connectivity index (χ3v) is 6.05. The summed E-state index contributed by atoms with van der Waals surface area (Å²) in [5, 5.41) is 11.9. The molecule has 142 valence electrons. The van der Waals surface area contributed by atoms with Gasteiger partial charge in [-0.2, -0.15) is 0 Å². The number of aliphatic hydroxyl groups excluding tert-OH is 1. The topological polar surface area (TPSA) is 79.7 Å². The molecule has 1 aliphatic heterocycles. The summed E-state index contributed by atoms with van der Waals surface area (Å²) in [6.07, 6.45) is 3.83. The Hall–Kier alpha value is -2.16. The Kier molecular flexibility index (Phi) is 7.03. The molecule has 1 fully saturated rings. The molecule has 1 N–H and O–H groups in total. The van der Waals surface area contributed by atoms with Crippen LogP contribution in [0.5, 0.6) is 0 Å². The number of benzene rings is 1. The lowest BCUT2D eigenvalue weighted by atomic mass is 10.1. The highest BCUT2D eigenvalue weighted by Crippen LogP contribution is 2.23. The maximum atomic E-state index is 12.0. The molecule has 2 atom stereocenters. The smallest absolute Gasteiger partial charge is 0.410 e. The number of cyclic esters (lactones) is 1. The molecule has 2 aromatic rings. The van der Waals surface area contributed by atoms with Crippen molar-refractivity contribution in [1.29, 1.82) is 0 Å². The number of aldehydes is 1. The van der Waals surface area contributed by atoms with Crippen LogP contribution in [0.1, 0.15) is 16.1 Å². The number of amides is 1. The highest BCUT2D eigenvalue weighted by atomic mass is 32.2. The van der Waals surface area contributed by atoms with Crippen LogP contribution in [-0.2, 0) is 11.2 Å². The Bertz CT molecular complexity index is 794. The molecule has 0 aliphatic carbocycles. The molecule has 0 radical (unpaired) electrons. The Balaban J connectivity index is 1.50. The third-order valence-electron chi connectivity index (χ3n) is 4.03. The van der Waals surface area contributed by atoms with Gasteiger partial charge in [-0.25, -0.2) is 9.78 Å². The van der Waals surface area contributed by atoms with Gasteiger partial charge in [0.15, 0.2) is 10.6 Å². The Labute approximate surface area is 165 Å². The molecule has 8 heteroatoms. The van der Waals surface area contributed by atoms with Crippen LogP contribution in [0.25, 0.3) is 0 Å². The van der Waals surface area contributed by atoms with Gasteiger partial charge in [0.05, 0.1) is 12.1 Å². The second-order valence-electron chi connectivity index (χ2n) is 5.98. The van der Waals surface area contributed by atoms with Crippen LogP contribution >= 0.6 is 23.1 Å². The predicted octanol–water partition coefficient (Wildman–Crippen LogP) is 3.03. The van der Waals surface area contributed by atoms with Gasteiger partial charge in [-0.1, -0.05) is 54.2 Å². The Morgan fingerprint density at radius 2 is 2.22 bits per heavy atom. The number of carbonyl (C=O) groups is 2. The molecular weight excluding hydrogens is 384 g/mol. The maximum absolute atomic E-state index is 12.0. The average Bonchev–Trinajstić information content (AvgIpc) is 3.28. The van der Waals surface area contributed by atoms with Gasteiger partial charge in [0.1, 0.15) is 12.3 Å². The number of thioether (sulfide) groups is 1.